The highest BCUT2D eigenvalue weighted by Crippen LogP contribution is 2.31. The highest BCUT2D eigenvalue weighted by molar-refractivity contribution is 9.10. The zero-order valence-electron chi connectivity index (χ0n) is 11.0. The zero-order valence-corrected chi connectivity index (χ0v) is 14.1. The minimum Gasteiger partial charge on any atom is -0.355 e. The Morgan fingerprint density at radius 1 is 1.29 bits per heavy atom. The van der Waals surface area contributed by atoms with Crippen molar-refractivity contribution in [1.82, 2.24) is 9.97 Å². The molecule has 0 bridgehead atoms. The first kappa shape index (κ1) is 16.0. The molecular formula is C12H12BrClN4O2S. The third-order valence-corrected chi connectivity index (χ3v) is 5.19. The van der Waals surface area contributed by atoms with Crippen molar-refractivity contribution in [3.8, 4) is 0 Å². The van der Waals surface area contributed by atoms with E-state index in [1.807, 2.05) is 6.92 Å². The van der Waals surface area contributed by atoms with E-state index in [9.17, 15) is 8.42 Å². The van der Waals surface area contributed by atoms with Crippen molar-refractivity contribution < 1.29 is 8.42 Å². The van der Waals surface area contributed by atoms with Crippen molar-refractivity contribution >= 4 is 49.2 Å². The zero-order chi connectivity index (χ0) is 15.5. The summed E-state index contributed by atoms with van der Waals surface area (Å²) in [6, 6.07) is 4.90. The van der Waals surface area contributed by atoms with Crippen molar-refractivity contribution in [1.29, 1.82) is 0 Å². The molecule has 21 heavy (non-hydrogen) atoms. The molecule has 0 saturated heterocycles. The fraction of sp³-hybridized carbons (Fsp3) is 0.167. The van der Waals surface area contributed by atoms with Crippen molar-refractivity contribution in [2.45, 2.75) is 11.8 Å². The van der Waals surface area contributed by atoms with Gasteiger partial charge in [0.15, 0.2) is 0 Å². The Hall–Kier alpha value is -1.38. The smallest absolute Gasteiger partial charge is 0.265 e. The number of sulfonamides is 1. The Morgan fingerprint density at radius 3 is 2.57 bits per heavy atom. The minimum absolute atomic E-state index is 0.0315. The van der Waals surface area contributed by atoms with Crippen LogP contribution in [0.5, 0.6) is 0 Å². The summed E-state index contributed by atoms with van der Waals surface area (Å²) in [6.45, 7) is 2.55. The average molecular weight is 392 g/mol. The molecule has 2 aromatic rings. The molecule has 6 nitrogen and oxygen atoms in total. The maximum Gasteiger partial charge on any atom is 0.265 e. The van der Waals surface area contributed by atoms with Crippen LogP contribution in [0.15, 0.2) is 40.0 Å². The molecule has 2 rings (SSSR count). The summed E-state index contributed by atoms with van der Waals surface area (Å²) < 4.78 is 27.4. The van der Waals surface area contributed by atoms with Gasteiger partial charge in [-0.25, -0.2) is 18.4 Å². The minimum atomic E-state index is -3.78. The van der Waals surface area contributed by atoms with Gasteiger partial charge in [-0.15, -0.1) is 0 Å². The molecule has 0 saturated carbocycles. The monoisotopic (exact) mass is 390 g/mol. The second-order valence-electron chi connectivity index (χ2n) is 3.98. The number of halogens is 2. The molecule has 0 amide bonds. The standard InChI is InChI=1S/C12H12BrClN4O2S/c1-2-15-12-16-6-8(7-17-12)21(19,20)18-10-5-3-4-9(14)11(10)13/h3-7,18H,2H2,1H3,(H,15,16,17). The average Bonchev–Trinajstić information content (AvgIpc) is 2.45. The van der Waals surface area contributed by atoms with Crippen LogP contribution in [0.2, 0.25) is 5.02 Å². The topological polar surface area (TPSA) is 84.0 Å². The molecule has 0 atom stereocenters. The van der Waals surface area contributed by atoms with Crippen molar-refractivity contribution in [3.05, 3.63) is 40.1 Å². The third kappa shape index (κ3) is 3.84. The number of hydrogen-bond donors (Lipinski definition) is 2. The largest absolute Gasteiger partial charge is 0.355 e. The molecule has 2 N–H and O–H groups in total. The molecular weight excluding hydrogens is 380 g/mol. The van der Waals surface area contributed by atoms with Crippen molar-refractivity contribution in [2.75, 3.05) is 16.6 Å². The second-order valence-corrected chi connectivity index (χ2v) is 6.86. The normalized spacial score (nSPS) is 11.2. The quantitative estimate of drug-likeness (QED) is 0.818. The summed E-state index contributed by atoms with van der Waals surface area (Å²) in [7, 11) is -3.78. The van der Waals surface area contributed by atoms with Gasteiger partial charge < -0.3 is 5.32 Å². The number of nitrogens with zero attached hydrogens (tertiary/aromatic N) is 2. The molecule has 1 aromatic carbocycles. The summed E-state index contributed by atoms with van der Waals surface area (Å²) in [4.78, 5) is 7.84. The van der Waals surface area contributed by atoms with Crippen LogP contribution in [0.4, 0.5) is 11.6 Å². The van der Waals surface area contributed by atoms with Gasteiger partial charge in [-0.3, -0.25) is 4.72 Å². The lowest BCUT2D eigenvalue weighted by Gasteiger charge is -2.10. The molecule has 1 heterocycles. The van der Waals surface area contributed by atoms with E-state index in [-0.39, 0.29) is 4.90 Å². The van der Waals surface area contributed by atoms with Gasteiger partial charge in [0.05, 0.1) is 27.6 Å². The van der Waals surface area contributed by atoms with Crippen LogP contribution in [-0.2, 0) is 10.0 Å². The molecule has 9 heteroatoms. The Balaban J connectivity index is 2.27. The van der Waals surface area contributed by atoms with E-state index in [0.29, 0.717) is 27.7 Å². The molecule has 0 spiro atoms. The van der Waals surface area contributed by atoms with Crippen LogP contribution in [0.1, 0.15) is 6.92 Å². The van der Waals surface area contributed by atoms with Gasteiger partial charge in [-0.05, 0) is 35.0 Å². The summed E-state index contributed by atoms with van der Waals surface area (Å²) in [5.41, 5.74) is 0.346. The molecule has 0 radical (unpaired) electrons. The van der Waals surface area contributed by atoms with Gasteiger partial charge in [0, 0.05) is 6.54 Å². The van der Waals surface area contributed by atoms with Gasteiger partial charge in [0.25, 0.3) is 10.0 Å². The number of hydrogen-bond acceptors (Lipinski definition) is 5. The van der Waals surface area contributed by atoms with Crippen molar-refractivity contribution in [3.63, 3.8) is 0 Å². The predicted molar refractivity (Wildman–Crippen MR) is 86.2 cm³/mol. The lowest BCUT2D eigenvalue weighted by atomic mass is 10.3. The fourth-order valence-corrected chi connectivity index (χ4v) is 3.12. The Kier molecular flexibility index (Phi) is 5.02. The maximum atomic E-state index is 12.3. The summed E-state index contributed by atoms with van der Waals surface area (Å²) in [5.74, 6) is 0.375. The fourth-order valence-electron chi connectivity index (χ4n) is 1.49. The van der Waals surface area contributed by atoms with Crippen LogP contribution in [0.25, 0.3) is 0 Å². The lowest BCUT2D eigenvalue weighted by molar-refractivity contribution is 0.600. The van der Waals surface area contributed by atoms with Crippen LogP contribution in [0.3, 0.4) is 0 Å². The van der Waals surface area contributed by atoms with Gasteiger partial charge in [0.2, 0.25) is 5.95 Å². The number of benzene rings is 1. The third-order valence-electron chi connectivity index (χ3n) is 2.47. The van der Waals surface area contributed by atoms with Gasteiger partial charge in [-0.2, -0.15) is 0 Å². The Labute approximate surface area is 136 Å². The molecule has 0 fully saturated rings. The van der Waals surface area contributed by atoms with Crippen LogP contribution < -0.4 is 10.0 Å². The number of anilines is 2. The second kappa shape index (κ2) is 6.59. The summed E-state index contributed by atoms with van der Waals surface area (Å²) >= 11 is 9.17. The van der Waals surface area contributed by atoms with E-state index in [4.69, 9.17) is 11.6 Å². The van der Waals surface area contributed by atoms with Crippen LogP contribution in [-0.4, -0.2) is 24.9 Å². The van der Waals surface area contributed by atoms with E-state index in [1.54, 1.807) is 18.2 Å². The first-order valence-corrected chi connectivity index (χ1v) is 8.62. The molecule has 0 aliphatic heterocycles. The van der Waals surface area contributed by atoms with E-state index < -0.39 is 10.0 Å². The highest BCUT2D eigenvalue weighted by Gasteiger charge is 2.17. The Bertz CT molecular complexity index is 737. The number of nitrogens with one attached hydrogen (secondary N) is 2. The first-order chi connectivity index (χ1) is 9.94. The number of aromatic nitrogens is 2. The highest BCUT2D eigenvalue weighted by atomic mass is 79.9. The molecule has 0 aliphatic carbocycles. The lowest BCUT2D eigenvalue weighted by Crippen LogP contribution is -2.14. The van der Waals surface area contributed by atoms with Gasteiger partial charge >= 0.3 is 0 Å². The van der Waals surface area contributed by atoms with E-state index in [0.717, 1.165) is 0 Å². The molecule has 0 aliphatic rings. The number of rotatable bonds is 5. The molecule has 112 valence electrons. The van der Waals surface area contributed by atoms with Crippen molar-refractivity contribution in [2.24, 2.45) is 0 Å². The van der Waals surface area contributed by atoms with E-state index in [2.05, 4.69) is 35.9 Å². The van der Waals surface area contributed by atoms with Crippen LogP contribution >= 0.6 is 27.5 Å². The van der Waals surface area contributed by atoms with Gasteiger partial charge in [-0.1, -0.05) is 17.7 Å². The van der Waals surface area contributed by atoms with Crippen LogP contribution in [0, 0.1) is 0 Å². The Morgan fingerprint density at radius 2 is 1.95 bits per heavy atom. The molecule has 1 aromatic heterocycles. The molecule has 0 unspecified atom stereocenters. The summed E-state index contributed by atoms with van der Waals surface area (Å²) in [6.07, 6.45) is 2.48. The van der Waals surface area contributed by atoms with E-state index >= 15 is 0 Å². The van der Waals surface area contributed by atoms with Gasteiger partial charge in [0.1, 0.15) is 4.90 Å². The first-order valence-electron chi connectivity index (χ1n) is 5.97. The SMILES string of the molecule is CCNc1ncc(S(=O)(=O)Nc2cccc(Cl)c2Br)cn1. The summed E-state index contributed by atoms with van der Waals surface area (Å²) in [5, 5.41) is 3.30. The van der Waals surface area contributed by atoms with E-state index in [1.165, 1.54) is 12.4 Å². The predicted octanol–water partition coefficient (Wildman–Crippen LogP) is 3.13. The maximum absolute atomic E-state index is 12.3.